The molecule has 4 heterocycles. The van der Waals surface area contributed by atoms with Gasteiger partial charge in [-0.2, -0.15) is 0 Å². The van der Waals surface area contributed by atoms with E-state index in [0.29, 0.717) is 31.1 Å². The van der Waals surface area contributed by atoms with Crippen LogP contribution in [-0.4, -0.2) is 51.9 Å². The summed E-state index contributed by atoms with van der Waals surface area (Å²) in [6.45, 7) is 5.58. The molecule has 0 radical (unpaired) electrons. The quantitative estimate of drug-likeness (QED) is 0.447. The SMILES string of the molecule is CC1CN(C(=O)c2cc3ccsc3n2C(C)c2ccccc2)CCN1C(=O)c1ccco1. The lowest BCUT2D eigenvalue weighted by Crippen LogP contribution is -2.55. The molecule has 2 unspecified atom stereocenters. The average molecular weight is 448 g/mol. The summed E-state index contributed by atoms with van der Waals surface area (Å²) in [5, 5.41) is 3.15. The number of piperazine rings is 1. The normalized spacial score (nSPS) is 17.6. The minimum Gasteiger partial charge on any atom is -0.459 e. The number of fused-ring (bicyclic) bond motifs is 1. The van der Waals surface area contributed by atoms with Gasteiger partial charge in [0, 0.05) is 31.1 Å². The Kier molecular flexibility index (Phi) is 5.35. The predicted octanol–water partition coefficient (Wildman–Crippen LogP) is 4.89. The van der Waals surface area contributed by atoms with Crippen LogP contribution in [-0.2, 0) is 0 Å². The Hall–Kier alpha value is -3.32. The summed E-state index contributed by atoms with van der Waals surface area (Å²) in [6, 6.07) is 17.6. The van der Waals surface area contributed by atoms with Crippen molar-refractivity contribution in [3.63, 3.8) is 0 Å². The van der Waals surface area contributed by atoms with Gasteiger partial charge < -0.3 is 18.8 Å². The van der Waals surface area contributed by atoms with Crippen LogP contribution in [0.3, 0.4) is 0 Å². The fraction of sp³-hybridized carbons (Fsp3) is 0.280. The van der Waals surface area contributed by atoms with E-state index in [1.54, 1.807) is 28.4 Å². The zero-order valence-electron chi connectivity index (χ0n) is 18.1. The fourth-order valence-corrected chi connectivity index (χ4v) is 5.50. The predicted molar refractivity (Wildman–Crippen MR) is 125 cm³/mol. The molecule has 0 aliphatic carbocycles. The van der Waals surface area contributed by atoms with Crippen LogP contribution >= 0.6 is 11.3 Å². The number of nitrogens with zero attached hydrogens (tertiary/aromatic N) is 3. The minimum absolute atomic E-state index is 0.00753. The van der Waals surface area contributed by atoms with Crippen molar-refractivity contribution in [3.05, 3.63) is 83.3 Å². The zero-order chi connectivity index (χ0) is 22.2. The Bertz CT molecular complexity index is 1240. The van der Waals surface area contributed by atoms with Crippen molar-refractivity contribution in [2.24, 2.45) is 0 Å². The molecule has 0 bridgehead atoms. The number of rotatable bonds is 4. The van der Waals surface area contributed by atoms with Gasteiger partial charge >= 0.3 is 0 Å². The summed E-state index contributed by atoms with van der Waals surface area (Å²) in [5.74, 6) is 0.215. The third-order valence-electron chi connectivity index (χ3n) is 6.24. The number of amides is 2. The van der Waals surface area contributed by atoms with Gasteiger partial charge in [-0.3, -0.25) is 9.59 Å². The highest BCUT2D eigenvalue weighted by atomic mass is 32.1. The standard InChI is InChI=1S/C25H25N3O3S/c1-17-16-26(11-12-27(17)24(30)22-9-6-13-31-22)23(29)21-15-20-10-14-32-25(20)28(21)18(2)19-7-4-3-5-8-19/h3-10,13-15,17-18H,11-12,16H2,1-2H3. The topological polar surface area (TPSA) is 58.7 Å². The number of hydrogen-bond acceptors (Lipinski definition) is 4. The zero-order valence-corrected chi connectivity index (χ0v) is 18.9. The Morgan fingerprint density at radius 1 is 1.06 bits per heavy atom. The van der Waals surface area contributed by atoms with E-state index in [9.17, 15) is 9.59 Å². The first kappa shape index (κ1) is 20.6. The molecular formula is C25H25N3O3S. The van der Waals surface area contributed by atoms with Crippen LogP contribution in [0.2, 0.25) is 0 Å². The highest BCUT2D eigenvalue weighted by Gasteiger charge is 2.33. The second-order valence-electron chi connectivity index (χ2n) is 8.24. The van der Waals surface area contributed by atoms with Gasteiger partial charge in [-0.25, -0.2) is 0 Å². The van der Waals surface area contributed by atoms with Crippen LogP contribution < -0.4 is 0 Å². The number of hydrogen-bond donors (Lipinski definition) is 0. The number of thiophene rings is 1. The van der Waals surface area contributed by atoms with Crippen LogP contribution in [0, 0.1) is 0 Å². The molecule has 1 aliphatic rings. The Morgan fingerprint density at radius 3 is 2.59 bits per heavy atom. The van der Waals surface area contributed by atoms with Crippen LogP contribution in [0.25, 0.3) is 10.2 Å². The van der Waals surface area contributed by atoms with E-state index in [4.69, 9.17) is 4.42 Å². The Balaban J connectivity index is 1.41. The van der Waals surface area contributed by atoms with Gasteiger partial charge in [0.1, 0.15) is 10.5 Å². The second kappa shape index (κ2) is 8.31. The van der Waals surface area contributed by atoms with E-state index in [-0.39, 0.29) is 23.9 Å². The van der Waals surface area contributed by atoms with E-state index >= 15 is 0 Å². The van der Waals surface area contributed by atoms with Crippen molar-refractivity contribution in [3.8, 4) is 0 Å². The highest BCUT2D eigenvalue weighted by molar-refractivity contribution is 7.16. The maximum absolute atomic E-state index is 13.7. The molecule has 3 aromatic heterocycles. The van der Waals surface area contributed by atoms with Gasteiger partial charge in [0.15, 0.2) is 5.76 Å². The van der Waals surface area contributed by atoms with Gasteiger partial charge in [0.2, 0.25) is 0 Å². The molecular weight excluding hydrogens is 422 g/mol. The molecule has 2 atom stereocenters. The molecule has 2 amide bonds. The largest absolute Gasteiger partial charge is 0.459 e. The van der Waals surface area contributed by atoms with E-state index < -0.39 is 0 Å². The smallest absolute Gasteiger partial charge is 0.289 e. The minimum atomic E-state index is -0.129. The molecule has 0 saturated carbocycles. The average Bonchev–Trinajstić information content (AvgIpc) is 3.56. The molecule has 1 fully saturated rings. The van der Waals surface area contributed by atoms with Crippen molar-refractivity contribution in [2.75, 3.05) is 19.6 Å². The van der Waals surface area contributed by atoms with Crippen LogP contribution in [0.4, 0.5) is 0 Å². The van der Waals surface area contributed by atoms with Crippen molar-refractivity contribution in [1.29, 1.82) is 0 Å². The van der Waals surface area contributed by atoms with Crippen molar-refractivity contribution < 1.29 is 14.0 Å². The van der Waals surface area contributed by atoms with E-state index in [0.717, 1.165) is 15.8 Å². The maximum atomic E-state index is 13.7. The molecule has 1 saturated heterocycles. The molecule has 1 aromatic carbocycles. The highest BCUT2D eigenvalue weighted by Crippen LogP contribution is 2.32. The molecule has 0 spiro atoms. The summed E-state index contributed by atoms with van der Waals surface area (Å²) in [4.78, 5) is 31.1. The third-order valence-corrected chi connectivity index (χ3v) is 7.17. The molecule has 1 aliphatic heterocycles. The summed E-state index contributed by atoms with van der Waals surface area (Å²) in [7, 11) is 0. The van der Waals surface area contributed by atoms with Crippen LogP contribution in [0.15, 0.2) is 70.7 Å². The molecule has 7 heteroatoms. The molecule has 6 nitrogen and oxygen atoms in total. The third kappa shape index (κ3) is 3.52. The van der Waals surface area contributed by atoms with Gasteiger partial charge in [0.05, 0.1) is 12.3 Å². The first-order valence-electron chi connectivity index (χ1n) is 10.8. The Morgan fingerprint density at radius 2 is 1.88 bits per heavy atom. The van der Waals surface area contributed by atoms with Crippen molar-refractivity contribution >= 4 is 33.4 Å². The molecule has 164 valence electrons. The molecule has 32 heavy (non-hydrogen) atoms. The molecule has 0 N–H and O–H groups in total. The number of carbonyl (C=O) groups excluding carboxylic acids is 2. The van der Waals surface area contributed by atoms with Gasteiger partial charge in [0.25, 0.3) is 11.8 Å². The summed E-state index contributed by atoms with van der Waals surface area (Å²) in [6.07, 6.45) is 1.51. The Labute approximate surface area is 190 Å². The molecule has 4 aromatic rings. The van der Waals surface area contributed by atoms with Crippen molar-refractivity contribution in [1.82, 2.24) is 14.4 Å². The summed E-state index contributed by atoms with van der Waals surface area (Å²) >= 11 is 1.65. The second-order valence-corrected chi connectivity index (χ2v) is 9.14. The van der Waals surface area contributed by atoms with Crippen LogP contribution in [0.1, 0.15) is 46.5 Å². The van der Waals surface area contributed by atoms with Crippen molar-refractivity contribution in [2.45, 2.75) is 25.9 Å². The van der Waals surface area contributed by atoms with E-state index in [2.05, 4.69) is 35.1 Å². The van der Waals surface area contributed by atoms with Gasteiger partial charge in [-0.1, -0.05) is 30.3 Å². The number of furan rings is 1. The first-order valence-corrected chi connectivity index (χ1v) is 11.7. The summed E-state index contributed by atoms with van der Waals surface area (Å²) < 4.78 is 7.43. The molecule has 5 rings (SSSR count). The summed E-state index contributed by atoms with van der Waals surface area (Å²) in [5.41, 5.74) is 1.86. The van der Waals surface area contributed by atoms with Crippen LogP contribution in [0.5, 0.6) is 0 Å². The maximum Gasteiger partial charge on any atom is 0.289 e. The van der Waals surface area contributed by atoms with E-state index in [1.807, 2.05) is 36.1 Å². The van der Waals surface area contributed by atoms with Gasteiger partial charge in [-0.15, -0.1) is 11.3 Å². The monoisotopic (exact) mass is 447 g/mol. The number of aromatic nitrogens is 1. The first-order chi connectivity index (χ1) is 15.5. The lowest BCUT2D eigenvalue weighted by Gasteiger charge is -2.39. The number of benzene rings is 1. The fourth-order valence-electron chi connectivity index (χ4n) is 4.52. The van der Waals surface area contributed by atoms with E-state index in [1.165, 1.54) is 6.26 Å². The lowest BCUT2D eigenvalue weighted by atomic mass is 10.1. The lowest BCUT2D eigenvalue weighted by molar-refractivity contribution is 0.0390. The number of carbonyl (C=O) groups is 2. The van der Waals surface area contributed by atoms with Gasteiger partial charge in [-0.05, 0) is 49.1 Å².